The third-order valence-electron chi connectivity index (χ3n) is 3.04. The highest BCUT2D eigenvalue weighted by molar-refractivity contribution is 14.1. The van der Waals surface area contributed by atoms with Crippen molar-refractivity contribution in [2.75, 3.05) is 5.73 Å². The number of para-hydroxylation sites is 1. The van der Waals surface area contributed by atoms with E-state index in [1.54, 1.807) is 10.9 Å². The summed E-state index contributed by atoms with van der Waals surface area (Å²) in [6.07, 6.45) is 1.77. The number of hydrogen-bond donors (Lipinski definition) is 1. The molecule has 2 aromatic heterocycles. The number of nitrogens with zero attached hydrogens (tertiary/aromatic N) is 2. The van der Waals surface area contributed by atoms with Crippen molar-refractivity contribution in [3.63, 3.8) is 0 Å². The fourth-order valence-corrected chi connectivity index (χ4v) is 2.47. The van der Waals surface area contributed by atoms with Crippen LogP contribution in [0.2, 0.25) is 0 Å². The van der Waals surface area contributed by atoms with Crippen LogP contribution in [0.5, 0.6) is 0 Å². The SMILES string of the molecule is Cc1oc2ccccc2c1Cn1ncc(I)c1N. The minimum Gasteiger partial charge on any atom is -0.461 e. The molecule has 0 amide bonds. The fourth-order valence-electron chi connectivity index (χ4n) is 2.07. The van der Waals surface area contributed by atoms with Gasteiger partial charge in [0.2, 0.25) is 0 Å². The van der Waals surface area contributed by atoms with Crippen molar-refractivity contribution in [2.24, 2.45) is 0 Å². The molecule has 0 aliphatic heterocycles. The van der Waals surface area contributed by atoms with Gasteiger partial charge in [0, 0.05) is 10.9 Å². The summed E-state index contributed by atoms with van der Waals surface area (Å²) >= 11 is 2.18. The largest absolute Gasteiger partial charge is 0.461 e. The summed E-state index contributed by atoms with van der Waals surface area (Å²) in [7, 11) is 0. The minimum absolute atomic E-state index is 0.637. The lowest BCUT2D eigenvalue weighted by Gasteiger charge is -2.03. The second-order valence-corrected chi connectivity index (χ2v) is 5.33. The van der Waals surface area contributed by atoms with Gasteiger partial charge in [0.15, 0.2) is 0 Å². The van der Waals surface area contributed by atoms with Crippen LogP contribution in [0.15, 0.2) is 34.9 Å². The standard InChI is InChI=1S/C13H12IN3O/c1-8-10(7-17-13(15)11(14)6-16-17)9-4-2-3-5-12(9)18-8/h2-6H,7,15H2,1H3. The number of rotatable bonds is 2. The lowest BCUT2D eigenvalue weighted by Crippen LogP contribution is -2.06. The topological polar surface area (TPSA) is 57.0 Å². The average molecular weight is 353 g/mol. The molecule has 3 aromatic rings. The molecular weight excluding hydrogens is 341 g/mol. The van der Waals surface area contributed by atoms with Gasteiger partial charge in [0.25, 0.3) is 0 Å². The normalized spacial score (nSPS) is 11.2. The summed E-state index contributed by atoms with van der Waals surface area (Å²) in [4.78, 5) is 0. The molecule has 4 nitrogen and oxygen atoms in total. The zero-order valence-corrected chi connectivity index (χ0v) is 12.0. The second-order valence-electron chi connectivity index (χ2n) is 4.17. The van der Waals surface area contributed by atoms with E-state index in [2.05, 4.69) is 33.8 Å². The molecule has 1 aromatic carbocycles. The van der Waals surface area contributed by atoms with Gasteiger partial charge < -0.3 is 10.2 Å². The molecule has 0 spiro atoms. The Balaban J connectivity index is 2.10. The van der Waals surface area contributed by atoms with E-state index in [4.69, 9.17) is 10.2 Å². The predicted molar refractivity (Wildman–Crippen MR) is 79.4 cm³/mol. The van der Waals surface area contributed by atoms with Gasteiger partial charge in [-0.3, -0.25) is 0 Å². The first-order chi connectivity index (χ1) is 8.66. The molecular formula is C13H12IN3O. The Hall–Kier alpha value is -1.50. The molecule has 0 aliphatic rings. The monoisotopic (exact) mass is 353 g/mol. The third-order valence-corrected chi connectivity index (χ3v) is 3.87. The van der Waals surface area contributed by atoms with Crippen LogP contribution in [0.3, 0.4) is 0 Å². The first-order valence-corrected chi connectivity index (χ1v) is 6.68. The number of nitrogen functional groups attached to an aromatic ring is 1. The first kappa shape index (κ1) is 11.6. The number of nitrogens with two attached hydrogens (primary N) is 1. The van der Waals surface area contributed by atoms with Crippen molar-refractivity contribution in [1.29, 1.82) is 0 Å². The Kier molecular flexibility index (Phi) is 2.77. The number of aryl methyl sites for hydroxylation is 1. The molecule has 18 heavy (non-hydrogen) atoms. The maximum absolute atomic E-state index is 5.98. The van der Waals surface area contributed by atoms with E-state index in [1.807, 2.05) is 25.1 Å². The Bertz CT molecular complexity index is 714. The molecule has 3 rings (SSSR count). The fraction of sp³-hybridized carbons (Fsp3) is 0.154. The number of hydrogen-bond acceptors (Lipinski definition) is 3. The van der Waals surface area contributed by atoms with Gasteiger partial charge in [0.05, 0.1) is 16.3 Å². The lowest BCUT2D eigenvalue weighted by atomic mass is 10.1. The predicted octanol–water partition coefficient (Wildman–Crippen LogP) is 3.17. The van der Waals surface area contributed by atoms with E-state index < -0.39 is 0 Å². The Labute approximate surface area is 118 Å². The number of aromatic nitrogens is 2. The highest BCUT2D eigenvalue weighted by Crippen LogP contribution is 2.26. The molecule has 0 unspecified atom stereocenters. The number of benzene rings is 1. The molecule has 0 saturated carbocycles. The Morgan fingerprint density at radius 2 is 2.17 bits per heavy atom. The Morgan fingerprint density at radius 1 is 1.39 bits per heavy atom. The van der Waals surface area contributed by atoms with Gasteiger partial charge in [0.1, 0.15) is 17.2 Å². The van der Waals surface area contributed by atoms with E-state index in [1.165, 1.54) is 0 Å². The van der Waals surface area contributed by atoms with Crippen LogP contribution in [0.1, 0.15) is 11.3 Å². The van der Waals surface area contributed by atoms with Gasteiger partial charge in [-0.05, 0) is 35.6 Å². The van der Waals surface area contributed by atoms with Gasteiger partial charge in [-0.25, -0.2) is 4.68 Å². The zero-order chi connectivity index (χ0) is 12.7. The van der Waals surface area contributed by atoms with E-state index in [9.17, 15) is 0 Å². The van der Waals surface area contributed by atoms with Crippen molar-refractivity contribution in [3.05, 3.63) is 45.4 Å². The molecule has 2 N–H and O–H groups in total. The molecule has 0 atom stereocenters. The summed E-state index contributed by atoms with van der Waals surface area (Å²) in [5, 5.41) is 5.41. The molecule has 0 aliphatic carbocycles. The van der Waals surface area contributed by atoms with Crippen LogP contribution < -0.4 is 5.73 Å². The quantitative estimate of drug-likeness (QED) is 0.720. The van der Waals surface area contributed by atoms with Crippen molar-refractivity contribution in [1.82, 2.24) is 9.78 Å². The van der Waals surface area contributed by atoms with Gasteiger partial charge >= 0.3 is 0 Å². The van der Waals surface area contributed by atoms with E-state index in [0.717, 1.165) is 25.9 Å². The van der Waals surface area contributed by atoms with Crippen LogP contribution >= 0.6 is 22.6 Å². The Morgan fingerprint density at radius 3 is 2.89 bits per heavy atom. The van der Waals surface area contributed by atoms with Crippen molar-refractivity contribution < 1.29 is 4.42 Å². The van der Waals surface area contributed by atoms with E-state index in [0.29, 0.717) is 12.4 Å². The van der Waals surface area contributed by atoms with Crippen LogP contribution in [0, 0.1) is 10.5 Å². The molecule has 5 heteroatoms. The highest BCUT2D eigenvalue weighted by atomic mass is 127. The van der Waals surface area contributed by atoms with Crippen LogP contribution in [-0.4, -0.2) is 9.78 Å². The average Bonchev–Trinajstić information content (AvgIpc) is 2.85. The third kappa shape index (κ3) is 1.78. The summed E-state index contributed by atoms with van der Waals surface area (Å²) in [5.74, 6) is 1.61. The van der Waals surface area contributed by atoms with Crippen LogP contribution in [0.25, 0.3) is 11.0 Å². The van der Waals surface area contributed by atoms with Crippen molar-refractivity contribution in [2.45, 2.75) is 13.5 Å². The summed E-state index contributed by atoms with van der Waals surface area (Å²) < 4.78 is 8.50. The van der Waals surface area contributed by atoms with E-state index >= 15 is 0 Å². The lowest BCUT2D eigenvalue weighted by molar-refractivity contribution is 0.565. The maximum Gasteiger partial charge on any atom is 0.135 e. The summed E-state index contributed by atoms with van der Waals surface area (Å²) in [6.45, 7) is 2.61. The number of furan rings is 1. The highest BCUT2D eigenvalue weighted by Gasteiger charge is 2.13. The van der Waals surface area contributed by atoms with E-state index in [-0.39, 0.29) is 0 Å². The van der Waals surface area contributed by atoms with Gasteiger partial charge in [-0.15, -0.1) is 0 Å². The molecule has 0 radical (unpaired) electrons. The van der Waals surface area contributed by atoms with Gasteiger partial charge in [-0.1, -0.05) is 18.2 Å². The van der Waals surface area contributed by atoms with Crippen LogP contribution in [0.4, 0.5) is 5.82 Å². The first-order valence-electron chi connectivity index (χ1n) is 5.60. The maximum atomic E-state index is 5.98. The summed E-state index contributed by atoms with van der Waals surface area (Å²) in [5.41, 5.74) is 8.02. The number of anilines is 1. The smallest absolute Gasteiger partial charge is 0.135 e. The molecule has 92 valence electrons. The molecule has 0 bridgehead atoms. The summed E-state index contributed by atoms with van der Waals surface area (Å²) in [6, 6.07) is 8.02. The molecule has 0 fully saturated rings. The number of fused-ring (bicyclic) bond motifs is 1. The van der Waals surface area contributed by atoms with Crippen molar-refractivity contribution >= 4 is 39.4 Å². The van der Waals surface area contributed by atoms with Gasteiger partial charge in [-0.2, -0.15) is 5.10 Å². The zero-order valence-electron chi connectivity index (χ0n) is 9.85. The van der Waals surface area contributed by atoms with Crippen molar-refractivity contribution in [3.8, 4) is 0 Å². The number of halogens is 1. The minimum atomic E-state index is 0.637. The molecule has 0 saturated heterocycles. The van der Waals surface area contributed by atoms with Crippen LogP contribution in [-0.2, 0) is 6.54 Å². The molecule has 2 heterocycles. The second kappa shape index (κ2) is 4.31.